The molecule has 0 unspecified atom stereocenters. The highest BCUT2D eigenvalue weighted by Gasteiger charge is 2.26. The van der Waals surface area contributed by atoms with Crippen LogP contribution in [0.4, 0.5) is 4.39 Å². The standard InChI is InChI=1S/C25H22ClFN2/c1-2-13-29-14-12-18-19(15-29)25(24-20(26)8-5-9-21(24)27)28-22-11-10-16-6-3-4-7-17(16)23(18)22/h3-11H,2,12-15H2,1H3. The summed E-state index contributed by atoms with van der Waals surface area (Å²) in [6, 6.07) is 17.4. The Kier molecular flexibility index (Phi) is 4.73. The van der Waals surface area contributed by atoms with Crippen molar-refractivity contribution >= 4 is 33.3 Å². The molecule has 0 aliphatic carbocycles. The van der Waals surface area contributed by atoms with Gasteiger partial charge in [-0.05, 0) is 59.5 Å². The largest absolute Gasteiger partial charge is 0.299 e. The molecule has 146 valence electrons. The molecule has 0 fully saturated rings. The van der Waals surface area contributed by atoms with Crippen molar-refractivity contribution in [2.45, 2.75) is 26.3 Å². The molecule has 4 aromatic rings. The number of hydrogen-bond donors (Lipinski definition) is 0. The quantitative estimate of drug-likeness (QED) is 0.357. The second-order valence-electron chi connectivity index (χ2n) is 7.72. The Morgan fingerprint density at radius 3 is 2.72 bits per heavy atom. The van der Waals surface area contributed by atoms with Crippen LogP contribution in [0.1, 0.15) is 24.5 Å². The van der Waals surface area contributed by atoms with Crippen LogP contribution in [0.5, 0.6) is 0 Å². The normalized spacial score (nSPS) is 14.4. The maximum atomic E-state index is 14.9. The van der Waals surface area contributed by atoms with E-state index in [1.165, 1.54) is 27.8 Å². The average molecular weight is 405 g/mol. The van der Waals surface area contributed by atoms with Crippen molar-refractivity contribution in [1.82, 2.24) is 9.88 Å². The maximum Gasteiger partial charge on any atom is 0.134 e. The van der Waals surface area contributed by atoms with Crippen molar-refractivity contribution in [2.24, 2.45) is 0 Å². The smallest absolute Gasteiger partial charge is 0.134 e. The van der Waals surface area contributed by atoms with Gasteiger partial charge in [0.2, 0.25) is 0 Å². The van der Waals surface area contributed by atoms with Gasteiger partial charge in [-0.25, -0.2) is 9.37 Å². The Labute approximate surface area is 174 Å². The minimum atomic E-state index is -0.319. The van der Waals surface area contributed by atoms with Crippen LogP contribution >= 0.6 is 11.6 Å². The topological polar surface area (TPSA) is 16.1 Å². The van der Waals surface area contributed by atoms with Gasteiger partial charge in [0.1, 0.15) is 5.82 Å². The zero-order valence-electron chi connectivity index (χ0n) is 16.4. The highest BCUT2D eigenvalue weighted by Crippen LogP contribution is 2.40. The molecule has 3 aromatic carbocycles. The first kappa shape index (κ1) is 18.5. The molecule has 2 heterocycles. The molecule has 5 rings (SSSR count). The van der Waals surface area contributed by atoms with Crippen LogP contribution in [0.15, 0.2) is 54.6 Å². The number of aromatic nitrogens is 1. The lowest BCUT2D eigenvalue weighted by Gasteiger charge is -2.31. The minimum absolute atomic E-state index is 0.319. The van der Waals surface area contributed by atoms with Crippen molar-refractivity contribution in [3.8, 4) is 11.3 Å². The molecule has 1 aliphatic rings. The van der Waals surface area contributed by atoms with Crippen LogP contribution in [0.2, 0.25) is 5.02 Å². The van der Waals surface area contributed by atoms with E-state index >= 15 is 0 Å². The van der Waals surface area contributed by atoms with E-state index in [-0.39, 0.29) is 5.82 Å². The molecule has 0 amide bonds. The lowest BCUT2D eigenvalue weighted by atomic mass is 9.89. The van der Waals surface area contributed by atoms with Crippen molar-refractivity contribution in [3.05, 3.63) is 76.6 Å². The van der Waals surface area contributed by atoms with Gasteiger partial charge in [0.15, 0.2) is 0 Å². The Morgan fingerprint density at radius 1 is 1.03 bits per heavy atom. The average Bonchev–Trinajstić information content (AvgIpc) is 2.73. The van der Waals surface area contributed by atoms with Gasteiger partial charge in [0.25, 0.3) is 0 Å². The maximum absolute atomic E-state index is 14.9. The van der Waals surface area contributed by atoms with Gasteiger partial charge < -0.3 is 0 Å². The number of halogens is 2. The SMILES string of the molecule is CCCN1CCc2c(c(-c3c(F)cccc3Cl)nc3ccc4ccccc4c23)C1. The van der Waals surface area contributed by atoms with Gasteiger partial charge in [-0.3, -0.25) is 4.90 Å². The molecule has 0 radical (unpaired) electrons. The van der Waals surface area contributed by atoms with E-state index in [9.17, 15) is 4.39 Å². The number of benzene rings is 3. The first-order chi connectivity index (χ1) is 14.2. The third-order valence-corrected chi connectivity index (χ3v) is 6.21. The molecule has 0 spiro atoms. The third-order valence-electron chi connectivity index (χ3n) is 5.89. The number of rotatable bonds is 3. The molecule has 0 N–H and O–H groups in total. The van der Waals surface area contributed by atoms with Crippen LogP contribution < -0.4 is 0 Å². The van der Waals surface area contributed by atoms with Crippen molar-refractivity contribution in [3.63, 3.8) is 0 Å². The van der Waals surface area contributed by atoms with Gasteiger partial charge in [-0.15, -0.1) is 0 Å². The fraction of sp³-hybridized carbons (Fsp3) is 0.240. The van der Waals surface area contributed by atoms with Crippen LogP contribution in [-0.2, 0) is 13.0 Å². The van der Waals surface area contributed by atoms with E-state index in [0.29, 0.717) is 16.3 Å². The summed E-state index contributed by atoms with van der Waals surface area (Å²) in [6.07, 6.45) is 2.02. The van der Waals surface area contributed by atoms with Gasteiger partial charge in [-0.1, -0.05) is 54.9 Å². The predicted molar refractivity (Wildman–Crippen MR) is 119 cm³/mol. The molecular formula is C25H22ClFN2. The lowest BCUT2D eigenvalue weighted by molar-refractivity contribution is 0.255. The highest BCUT2D eigenvalue weighted by molar-refractivity contribution is 6.33. The monoisotopic (exact) mass is 404 g/mol. The molecule has 1 aromatic heterocycles. The van der Waals surface area contributed by atoms with Crippen molar-refractivity contribution in [1.29, 1.82) is 0 Å². The first-order valence-corrected chi connectivity index (χ1v) is 10.5. The summed E-state index contributed by atoms with van der Waals surface area (Å²) in [5.41, 5.74) is 4.40. The van der Waals surface area contributed by atoms with E-state index in [1.54, 1.807) is 12.1 Å². The fourth-order valence-electron chi connectivity index (χ4n) is 4.61. The second kappa shape index (κ2) is 7.40. The molecule has 0 saturated heterocycles. The van der Waals surface area contributed by atoms with Crippen LogP contribution in [-0.4, -0.2) is 23.0 Å². The molecule has 0 atom stereocenters. The molecule has 29 heavy (non-hydrogen) atoms. The van der Waals surface area contributed by atoms with Crippen LogP contribution in [0.25, 0.3) is 32.9 Å². The van der Waals surface area contributed by atoms with Crippen molar-refractivity contribution in [2.75, 3.05) is 13.1 Å². The van der Waals surface area contributed by atoms with E-state index < -0.39 is 0 Å². The van der Waals surface area contributed by atoms with E-state index in [2.05, 4.69) is 48.2 Å². The summed E-state index contributed by atoms with van der Waals surface area (Å²) < 4.78 is 14.9. The van der Waals surface area contributed by atoms with Crippen LogP contribution in [0.3, 0.4) is 0 Å². The number of hydrogen-bond acceptors (Lipinski definition) is 2. The van der Waals surface area contributed by atoms with Crippen molar-refractivity contribution < 1.29 is 4.39 Å². The zero-order chi connectivity index (χ0) is 20.0. The van der Waals surface area contributed by atoms with Gasteiger partial charge in [0.05, 0.1) is 21.8 Å². The Hall–Kier alpha value is -2.49. The third kappa shape index (κ3) is 3.09. The summed E-state index contributed by atoms with van der Waals surface area (Å²) in [7, 11) is 0. The number of nitrogens with zero attached hydrogens (tertiary/aromatic N) is 2. The van der Waals surface area contributed by atoms with Gasteiger partial charge in [-0.2, -0.15) is 0 Å². The van der Waals surface area contributed by atoms with E-state index in [1.807, 2.05) is 0 Å². The summed E-state index contributed by atoms with van der Waals surface area (Å²) >= 11 is 6.46. The summed E-state index contributed by atoms with van der Waals surface area (Å²) in [6.45, 7) is 5.00. The molecule has 0 bridgehead atoms. The molecule has 4 heteroatoms. The minimum Gasteiger partial charge on any atom is -0.299 e. The fourth-order valence-corrected chi connectivity index (χ4v) is 4.86. The van der Waals surface area contributed by atoms with E-state index in [0.717, 1.165) is 43.6 Å². The summed E-state index contributed by atoms with van der Waals surface area (Å²) in [4.78, 5) is 7.40. The second-order valence-corrected chi connectivity index (χ2v) is 8.13. The Morgan fingerprint density at radius 2 is 1.90 bits per heavy atom. The molecule has 1 aliphatic heterocycles. The summed E-state index contributed by atoms with van der Waals surface area (Å²) in [5, 5.41) is 4.03. The Bertz CT molecular complexity index is 1210. The van der Waals surface area contributed by atoms with Gasteiger partial charge in [0, 0.05) is 18.5 Å². The molecular weight excluding hydrogens is 383 g/mol. The van der Waals surface area contributed by atoms with Gasteiger partial charge >= 0.3 is 0 Å². The molecule has 0 saturated carbocycles. The predicted octanol–water partition coefficient (Wildman–Crippen LogP) is 6.62. The Balaban J connectivity index is 1.86. The number of fused-ring (bicyclic) bond motifs is 5. The number of pyridine rings is 1. The van der Waals surface area contributed by atoms with E-state index in [4.69, 9.17) is 16.6 Å². The first-order valence-electron chi connectivity index (χ1n) is 10.2. The lowest BCUT2D eigenvalue weighted by Crippen LogP contribution is -2.32. The molecule has 2 nitrogen and oxygen atoms in total. The zero-order valence-corrected chi connectivity index (χ0v) is 17.1. The highest BCUT2D eigenvalue weighted by atomic mass is 35.5. The summed E-state index contributed by atoms with van der Waals surface area (Å²) in [5.74, 6) is -0.319. The van der Waals surface area contributed by atoms with Crippen LogP contribution in [0, 0.1) is 5.82 Å².